The van der Waals surface area contributed by atoms with E-state index in [1.807, 2.05) is 0 Å². The number of rotatable bonds is 4. The van der Waals surface area contributed by atoms with Crippen molar-refractivity contribution in [1.29, 1.82) is 0 Å². The van der Waals surface area contributed by atoms with Gasteiger partial charge in [0.25, 0.3) is 0 Å². The van der Waals surface area contributed by atoms with Crippen molar-refractivity contribution in [2.24, 2.45) is 17.6 Å². The molecular formula is C15H30N2O. The number of piperidine rings is 1. The predicted octanol–water partition coefficient (Wildman–Crippen LogP) is 1.99. The number of aliphatic hydroxyl groups excluding tert-OH is 1. The fourth-order valence-electron chi connectivity index (χ4n) is 3.87. The Morgan fingerprint density at radius 1 is 1.28 bits per heavy atom. The summed E-state index contributed by atoms with van der Waals surface area (Å²) in [5, 5.41) is 9.49. The van der Waals surface area contributed by atoms with Gasteiger partial charge in [0.15, 0.2) is 0 Å². The Morgan fingerprint density at radius 3 is 2.78 bits per heavy atom. The highest BCUT2D eigenvalue weighted by atomic mass is 16.3. The topological polar surface area (TPSA) is 49.5 Å². The summed E-state index contributed by atoms with van der Waals surface area (Å²) in [4.78, 5) is 2.63. The third-order valence-electron chi connectivity index (χ3n) is 5.57. The molecule has 3 N–H and O–H groups in total. The second kappa shape index (κ2) is 5.89. The fourth-order valence-corrected chi connectivity index (χ4v) is 3.87. The Kier molecular flexibility index (Phi) is 4.68. The van der Waals surface area contributed by atoms with Crippen LogP contribution in [0.4, 0.5) is 0 Å². The van der Waals surface area contributed by atoms with Gasteiger partial charge in [-0.2, -0.15) is 0 Å². The lowest BCUT2D eigenvalue weighted by Crippen LogP contribution is -2.49. The predicted molar refractivity (Wildman–Crippen MR) is 75.4 cm³/mol. The zero-order valence-electron chi connectivity index (χ0n) is 12.1. The maximum Gasteiger partial charge on any atom is 0.0613 e. The van der Waals surface area contributed by atoms with Crippen molar-refractivity contribution in [2.75, 3.05) is 19.7 Å². The number of nitrogens with two attached hydrogens (primary N) is 1. The van der Waals surface area contributed by atoms with E-state index in [1.165, 1.54) is 32.2 Å². The minimum absolute atomic E-state index is 0.156. The SMILES string of the molecule is CC1CCCN(CCC2CCCC2(N)CO)C1C. The molecule has 1 saturated carbocycles. The van der Waals surface area contributed by atoms with Crippen LogP contribution in [0.1, 0.15) is 52.4 Å². The number of hydrogen-bond acceptors (Lipinski definition) is 3. The molecule has 0 aromatic heterocycles. The highest BCUT2D eigenvalue weighted by Crippen LogP contribution is 2.36. The zero-order chi connectivity index (χ0) is 13.2. The van der Waals surface area contributed by atoms with Crippen LogP contribution in [0.5, 0.6) is 0 Å². The highest BCUT2D eigenvalue weighted by molar-refractivity contribution is 4.96. The second-order valence-corrected chi connectivity index (χ2v) is 6.67. The van der Waals surface area contributed by atoms with E-state index in [0.717, 1.165) is 25.3 Å². The third-order valence-corrected chi connectivity index (χ3v) is 5.57. The molecule has 0 radical (unpaired) electrons. The number of nitrogens with zero attached hydrogens (tertiary/aromatic N) is 1. The summed E-state index contributed by atoms with van der Waals surface area (Å²) in [6.45, 7) is 7.29. The maximum absolute atomic E-state index is 9.49. The van der Waals surface area contributed by atoms with Gasteiger partial charge < -0.3 is 15.7 Å². The summed E-state index contributed by atoms with van der Waals surface area (Å²) in [6, 6.07) is 0.710. The minimum Gasteiger partial charge on any atom is -0.394 e. The zero-order valence-corrected chi connectivity index (χ0v) is 12.1. The molecule has 1 aliphatic heterocycles. The van der Waals surface area contributed by atoms with Crippen molar-refractivity contribution < 1.29 is 5.11 Å². The van der Waals surface area contributed by atoms with Gasteiger partial charge in [-0.15, -0.1) is 0 Å². The first kappa shape index (κ1) is 14.3. The maximum atomic E-state index is 9.49. The minimum atomic E-state index is -0.287. The number of aliphatic hydroxyl groups is 1. The van der Waals surface area contributed by atoms with Crippen molar-refractivity contribution in [1.82, 2.24) is 4.90 Å². The lowest BCUT2D eigenvalue weighted by molar-refractivity contribution is 0.0926. The number of hydrogen-bond donors (Lipinski definition) is 2. The smallest absolute Gasteiger partial charge is 0.0613 e. The van der Waals surface area contributed by atoms with E-state index in [-0.39, 0.29) is 12.1 Å². The van der Waals surface area contributed by atoms with Crippen molar-refractivity contribution in [3.8, 4) is 0 Å². The molecule has 3 heteroatoms. The summed E-state index contributed by atoms with van der Waals surface area (Å²) >= 11 is 0. The van der Waals surface area contributed by atoms with Crippen molar-refractivity contribution in [2.45, 2.75) is 64.0 Å². The van der Waals surface area contributed by atoms with Gasteiger partial charge in [0.1, 0.15) is 0 Å². The molecule has 0 aromatic rings. The van der Waals surface area contributed by atoms with Gasteiger partial charge in [-0.05, 0) is 64.0 Å². The molecule has 1 aliphatic carbocycles. The van der Waals surface area contributed by atoms with Gasteiger partial charge >= 0.3 is 0 Å². The monoisotopic (exact) mass is 254 g/mol. The molecule has 2 fully saturated rings. The molecule has 18 heavy (non-hydrogen) atoms. The molecule has 4 unspecified atom stereocenters. The largest absolute Gasteiger partial charge is 0.394 e. The average Bonchev–Trinajstić information content (AvgIpc) is 2.73. The summed E-state index contributed by atoms with van der Waals surface area (Å²) < 4.78 is 0. The van der Waals surface area contributed by atoms with E-state index in [2.05, 4.69) is 18.7 Å². The van der Waals surface area contributed by atoms with Crippen LogP contribution in [-0.4, -0.2) is 41.3 Å². The Morgan fingerprint density at radius 2 is 2.06 bits per heavy atom. The van der Waals surface area contributed by atoms with Crippen LogP contribution in [-0.2, 0) is 0 Å². The van der Waals surface area contributed by atoms with Crippen molar-refractivity contribution in [3.05, 3.63) is 0 Å². The van der Waals surface area contributed by atoms with E-state index in [0.29, 0.717) is 12.0 Å². The fraction of sp³-hybridized carbons (Fsp3) is 1.00. The summed E-state index contributed by atoms with van der Waals surface area (Å²) in [6.07, 6.45) is 7.26. The highest BCUT2D eigenvalue weighted by Gasteiger charge is 2.39. The normalized spacial score (nSPS) is 42.3. The van der Waals surface area contributed by atoms with Crippen LogP contribution >= 0.6 is 0 Å². The van der Waals surface area contributed by atoms with E-state index in [4.69, 9.17) is 5.73 Å². The molecule has 2 rings (SSSR count). The Balaban J connectivity index is 1.84. The summed E-state index contributed by atoms with van der Waals surface area (Å²) in [7, 11) is 0. The van der Waals surface area contributed by atoms with Crippen LogP contribution < -0.4 is 5.73 Å². The molecule has 2 aliphatic rings. The van der Waals surface area contributed by atoms with E-state index in [9.17, 15) is 5.11 Å². The van der Waals surface area contributed by atoms with Crippen LogP contribution in [0.3, 0.4) is 0 Å². The Labute approximate surface area is 112 Å². The molecule has 3 nitrogen and oxygen atoms in total. The molecule has 106 valence electrons. The molecule has 1 saturated heterocycles. The quantitative estimate of drug-likeness (QED) is 0.806. The first-order valence-corrected chi connectivity index (χ1v) is 7.70. The van der Waals surface area contributed by atoms with E-state index >= 15 is 0 Å². The lowest BCUT2D eigenvalue weighted by atomic mass is 9.85. The van der Waals surface area contributed by atoms with Gasteiger partial charge in [0.05, 0.1) is 6.61 Å². The molecule has 0 amide bonds. The van der Waals surface area contributed by atoms with Gasteiger partial charge in [0.2, 0.25) is 0 Å². The van der Waals surface area contributed by atoms with E-state index in [1.54, 1.807) is 0 Å². The molecule has 1 heterocycles. The molecule has 4 atom stereocenters. The van der Waals surface area contributed by atoms with Crippen molar-refractivity contribution >= 4 is 0 Å². The third kappa shape index (κ3) is 2.89. The second-order valence-electron chi connectivity index (χ2n) is 6.67. The van der Waals surface area contributed by atoms with Gasteiger partial charge in [-0.1, -0.05) is 13.3 Å². The first-order chi connectivity index (χ1) is 8.57. The Hall–Kier alpha value is -0.120. The van der Waals surface area contributed by atoms with Gasteiger partial charge in [0, 0.05) is 11.6 Å². The van der Waals surface area contributed by atoms with Crippen LogP contribution in [0.2, 0.25) is 0 Å². The molecule has 0 bridgehead atoms. The summed E-state index contributed by atoms with van der Waals surface area (Å²) in [5.41, 5.74) is 6.02. The average molecular weight is 254 g/mol. The Bertz CT molecular complexity index is 271. The molecule has 0 spiro atoms. The standard InChI is InChI=1S/C15H30N2O/c1-12-5-4-9-17(13(12)2)10-7-14-6-3-8-15(14,16)11-18/h12-14,18H,3-11,16H2,1-2H3. The van der Waals surface area contributed by atoms with Gasteiger partial charge in [-0.25, -0.2) is 0 Å². The lowest BCUT2D eigenvalue weighted by Gasteiger charge is -2.39. The number of likely N-dealkylation sites (tertiary alicyclic amines) is 1. The molecule has 0 aromatic carbocycles. The van der Waals surface area contributed by atoms with Crippen LogP contribution in [0, 0.1) is 11.8 Å². The molecular weight excluding hydrogens is 224 g/mol. The van der Waals surface area contributed by atoms with Crippen LogP contribution in [0.25, 0.3) is 0 Å². The van der Waals surface area contributed by atoms with Crippen LogP contribution in [0.15, 0.2) is 0 Å². The van der Waals surface area contributed by atoms with E-state index < -0.39 is 0 Å². The van der Waals surface area contributed by atoms with Crippen molar-refractivity contribution in [3.63, 3.8) is 0 Å². The van der Waals surface area contributed by atoms with Gasteiger partial charge in [-0.3, -0.25) is 0 Å². The summed E-state index contributed by atoms with van der Waals surface area (Å²) in [5.74, 6) is 1.34. The first-order valence-electron chi connectivity index (χ1n) is 7.70.